The van der Waals surface area contributed by atoms with Crippen LogP contribution < -0.4 is 5.32 Å². The van der Waals surface area contributed by atoms with Gasteiger partial charge in [-0.15, -0.1) is 0 Å². The predicted octanol–water partition coefficient (Wildman–Crippen LogP) is 4.24. The SMILES string of the molecule is C1=CC(Cc2cc(Cc3cccnc3)cc(Cc3cccnc3)c2)=CNC1. The molecule has 134 valence electrons. The van der Waals surface area contributed by atoms with E-state index in [9.17, 15) is 0 Å². The summed E-state index contributed by atoms with van der Waals surface area (Å²) in [6.45, 7) is 0.913. The fourth-order valence-corrected chi connectivity index (χ4v) is 3.48. The van der Waals surface area contributed by atoms with Crippen LogP contribution in [0.4, 0.5) is 0 Å². The van der Waals surface area contributed by atoms with Gasteiger partial charge in [-0.3, -0.25) is 9.97 Å². The van der Waals surface area contributed by atoms with Crippen molar-refractivity contribution >= 4 is 0 Å². The van der Waals surface area contributed by atoms with Gasteiger partial charge in [0.05, 0.1) is 0 Å². The Morgan fingerprint density at radius 3 is 1.81 bits per heavy atom. The molecule has 1 N–H and O–H groups in total. The Kier molecular flexibility index (Phi) is 5.39. The molecule has 1 aliphatic rings. The number of pyridine rings is 2. The average molecular weight is 353 g/mol. The van der Waals surface area contributed by atoms with Crippen LogP contribution in [0.3, 0.4) is 0 Å². The second-order valence-corrected chi connectivity index (χ2v) is 6.94. The van der Waals surface area contributed by atoms with Crippen molar-refractivity contribution in [2.45, 2.75) is 19.3 Å². The molecule has 3 heterocycles. The molecule has 2 aromatic heterocycles. The number of nitrogens with one attached hydrogen (secondary N) is 1. The zero-order valence-corrected chi connectivity index (χ0v) is 15.3. The van der Waals surface area contributed by atoms with Gasteiger partial charge in [-0.25, -0.2) is 0 Å². The summed E-state index contributed by atoms with van der Waals surface area (Å²) >= 11 is 0. The third-order valence-corrected chi connectivity index (χ3v) is 4.64. The van der Waals surface area contributed by atoms with Crippen molar-refractivity contribution in [3.63, 3.8) is 0 Å². The van der Waals surface area contributed by atoms with Crippen LogP contribution >= 0.6 is 0 Å². The minimum Gasteiger partial charge on any atom is -0.387 e. The second-order valence-electron chi connectivity index (χ2n) is 6.94. The Labute approximate surface area is 160 Å². The van der Waals surface area contributed by atoms with E-state index in [0.29, 0.717) is 0 Å². The molecule has 0 atom stereocenters. The quantitative estimate of drug-likeness (QED) is 0.720. The number of hydrogen-bond acceptors (Lipinski definition) is 3. The van der Waals surface area contributed by atoms with Crippen LogP contribution in [0.2, 0.25) is 0 Å². The van der Waals surface area contributed by atoms with Gasteiger partial charge in [-0.1, -0.05) is 42.5 Å². The molecule has 27 heavy (non-hydrogen) atoms. The third kappa shape index (κ3) is 4.91. The van der Waals surface area contributed by atoms with Crippen LogP contribution in [0, 0.1) is 0 Å². The zero-order valence-electron chi connectivity index (χ0n) is 15.3. The number of allylic oxidation sites excluding steroid dienone is 2. The van der Waals surface area contributed by atoms with Crippen LogP contribution in [-0.4, -0.2) is 16.5 Å². The molecule has 3 aromatic rings. The number of hydrogen-bond donors (Lipinski definition) is 1. The van der Waals surface area contributed by atoms with E-state index in [0.717, 1.165) is 25.8 Å². The van der Waals surface area contributed by atoms with E-state index in [1.807, 2.05) is 36.9 Å². The first-order chi connectivity index (χ1) is 13.3. The summed E-state index contributed by atoms with van der Waals surface area (Å²) in [5.41, 5.74) is 7.78. The van der Waals surface area contributed by atoms with E-state index in [-0.39, 0.29) is 0 Å². The molecule has 3 heteroatoms. The number of nitrogens with zero attached hydrogens (tertiary/aromatic N) is 2. The molecule has 3 nitrogen and oxygen atoms in total. The molecule has 0 saturated heterocycles. The van der Waals surface area contributed by atoms with Crippen LogP contribution in [0.1, 0.15) is 27.8 Å². The van der Waals surface area contributed by atoms with Gasteiger partial charge in [0.15, 0.2) is 0 Å². The molecular weight excluding hydrogens is 330 g/mol. The van der Waals surface area contributed by atoms with Crippen molar-refractivity contribution in [1.82, 2.24) is 15.3 Å². The summed E-state index contributed by atoms with van der Waals surface area (Å²) in [5, 5.41) is 3.30. The lowest BCUT2D eigenvalue weighted by molar-refractivity contribution is 0.937. The highest BCUT2D eigenvalue weighted by Gasteiger charge is 2.07. The van der Waals surface area contributed by atoms with E-state index in [4.69, 9.17) is 0 Å². The van der Waals surface area contributed by atoms with Crippen LogP contribution in [0.25, 0.3) is 0 Å². The molecule has 0 unspecified atom stereocenters. The maximum atomic E-state index is 4.25. The van der Waals surface area contributed by atoms with Gasteiger partial charge in [0.25, 0.3) is 0 Å². The molecule has 0 saturated carbocycles. The lowest BCUT2D eigenvalue weighted by atomic mass is 9.94. The van der Waals surface area contributed by atoms with E-state index in [1.165, 1.54) is 33.4 Å². The number of benzene rings is 1. The Morgan fingerprint density at radius 1 is 0.741 bits per heavy atom. The average Bonchev–Trinajstić information content (AvgIpc) is 2.70. The standard InChI is InChI=1S/C24H23N3/c1-4-19(16-25-7-1)10-22-13-23(11-20-5-2-8-26-17-20)15-24(14-22)12-21-6-3-9-27-18-21/h1-8,13-18,27H,9-12H2. The first kappa shape index (κ1) is 17.2. The molecule has 0 aliphatic carbocycles. The summed E-state index contributed by atoms with van der Waals surface area (Å²) in [7, 11) is 0. The first-order valence-electron chi connectivity index (χ1n) is 9.34. The first-order valence-corrected chi connectivity index (χ1v) is 9.34. The zero-order chi connectivity index (χ0) is 18.3. The minimum atomic E-state index is 0.898. The van der Waals surface area contributed by atoms with Gasteiger partial charge in [-0.05, 0) is 64.8 Å². The molecule has 0 bridgehead atoms. The lowest BCUT2D eigenvalue weighted by Crippen LogP contribution is -2.10. The lowest BCUT2D eigenvalue weighted by Gasteiger charge is -2.13. The molecular formula is C24H23N3. The van der Waals surface area contributed by atoms with Crippen LogP contribution in [0.5, 0.6) is 0 Å². The summed E-state index contributed by atoms with van der Waals surface area (Å²) in [6, 6.07) is 15.2. The number of rotatable bonds is 6. The Morgan fingerprint density at radius 2 is 1.33 bits per heavy atom. The molecule has 1 aromatic carbocycles. The monoisotopic (exact) mass is 353 g/mol. The topological polar surface area (TPSA) is 37.8 Å². The van der Waals surface area contributed by atoms with Gasteiger partial charge < -0.3 is 5.32 Å². The highest BCUT2D eigenvalue weighted by molar-refractivity contribution is 5.39. The Balaban J connectivity index is 1.62. The summed E-state index contributed by atoms with van der Waals surface area (Å²) in [6.07, 6.45) is 16.8. The molecule has 4 rings (SSSR count). The largest absolute Gasteiger partial charge is 0.387 e. The van der Waals surface area contributed by atoms with E-state index in [2.05, 4.69) is 64.0 Å². The van der Waals surface area contributed by atoms with Crippen LogP contribution in [-0.2, 0) is 19.3 Å². The van der Waals surface area contributed by atoms with Crippen molar-refractivity contribution in [2.24, 2.45) is 0 Å². The fourth-order valence-electron chi connectivity index (χ4n) is 3.48. The van der Waals surface area contributed by atoms with Crippen molar-refractivity contribution in [3.8, 4) is 0 Å². The smallest absolute Gasteiger partial charge is 0.0328 e. The molecule has 0 radical (unpaired) electrons. The Hall–Kier alpha value is -3.20. The van der Waals surface area contributed by atoms with E-state index < -0.39 is 0 Å². The second kappa shape index (κ2) is 8.45. The Bertz CT molecular complexity index is 884. The maximum absolute atomic E-state index is 4.25. The van der Waals surface area contributed by atoms with Gasteiger partial charge in [-0.2, -0.15) is 0 Å². The van der Waals surface area contributed by atoms with Crippen LogP contribution in [0.15, 0.2) is 91.2 Å². The van der Waals surface area contributed by atoms with Crippen molar-refractivity contribution in [2.75, 3.05) is 6.54 Å². The van der Waals surface area contributed by atoms with E-state index >= 15 is 0 Å². The van der Waals surface area contributed by atoms with Gasteiger partial charge >= 0.3 is 0 Å². The molecule has 0 spiro atoms. The molecule has 0 fully saturated rings. The van der Waals surface area contributed by atoms with Gasteiger partial charge in [0.2, 0.25) is 0 Å². The summed E-state index contributed by atoms with van der Waals surface area (Å²) in [4.78, 5) is 8.50. The molecule has 0 amide bonds. The van der Waals surface area contributed by atoms with E-state index in [1.54, 1.807) is 0 Å². The van der Waals surface area contributed by atoms with Crippen molar-refractivity contribution in [3.05, 3.63) is 119 Å². The van der Waals surface area contributed by atoms with Gasteiger partial charge in [0, 0.05) is 37.5 Å². The third-order valence-electron chi connectivity index (χ3n) is 4.64. The van der Waals surface area contributed by atoms with Crippen molar-refractivity contribution < 1.29 is 0 Å². The number of dihydropyridines is 1. The normalized spacial score (nSPS) is 13.1. The summed E-state index contributed by atoms with van der Waals surface area (Å²) < 4.78 is 0. The molecule has 1 aliphatic heterocycles. The summed E-state index contributed by atoms with van der Waals surface area (Å²) in [5.74, 6) is 0. The van der Waals surface area contributed by atoms with Crippen molar-refractivity contribution in [1.29, 1.82) is 0 Å². The highest BCUT2D eigenvalue weighted by atomic mass is 14.8. The highest BCUT2D eigenvalue weighted by Crippen LogP contribution is 2.20. The maximum Gasteiger partial charge on any atom is 0.0328 e. The number of aromatic nitrogens is 2. The minimum absolute atomic E-state index is 0.898. The fraction of sp³-hybridized carbons (Fsp3) is 0.167. The van der Waals surface area contributed by atoms with Gasteiger partial charge in [0.1, 0.15) is 0 Å². The predicted molar refractivity (Wildman–Crippen MR) is 109 cm³/mol.